The molecule has 3 N–H and O–H groups in total. The Balaban J connectivity index is 0.00000392. The minimum absolute atomic E-state index is 0. The summed E-state index contributed by atoms with van der Waals surface area (Å²) < 4.78 is 48.1. The Kier molecular flexibility index (Phi) is 10.1. The molecule has 0 radical (unpaired) electrons. The number of hydrogen-bond donors (Lipinski definition) is 3. The molecule has 0 saturated heterocycles. The molecule has 156 valence electrons. The van der Waals surface area contributed by atoms with Gasteiger partial charge < -0.3 is 24.9 Å². The molecule has 6 nitrogen and oxygen atoms in total. The van der Waals surface area contributed by atoms with Crippen molar-refractivity contribution in [3.05, 3.63) is 54.0 Å². The second-order valence-corrected chi connectivity index (χ2v) is 5.64. The lowest BCUT2D eigenvalue weighted by atomic mass is 10.2. The van der Waals surface area contributed by atoms with Crippen molar-refractivity contribution in [2.45, 2.75) is 25.7 Å². The topological polar surface area (TPSA) is 79.0 Å². The van der Waals surface area contributed by atoms with Crippen LogP contribution in [0, 0.1) is 0 Å². The summed E-state index contributed by atoms with van der Waals surface area (Å²) in [4.78, 5) is 4.32. The van der Waals surface area contributed by atoms with Gasteiger partial charge in [0.2, 0.25) is 0 Å². The normalized spacial score (nSPS) is 12.8. The zero-order chi connectivity index (χ0) is 19.7. The van der Waals surface area contributed by atoms with E-state index in [0.717, 1.165) is 12.1 Å². The molecule has 0 fully saturated rings. The third-order valence-electron chi connectivity index (χ3n) is 3.45. The summed E-state index contributed by atoms with van der Waals surface area (Å²) in [5, 5.41) is 16.0. The number of rotatable bonds is 8. The molecule has 0 saturated carbocycles. The van der Waals surface area contributed by atoms with Crippen LogP contribution in [0.25, 0.3) is 0 Å². The molecule has 1 aromatic heterocycles. The number of aliphatic imine (C=N–C) groups is 1. The molecule has 0 aliphatic heterocycles. The third kappa shape index (κ3) is 8.38. The van der Waals surface area contributed by atoms with E-state index in [1.807, 2.05) is 6.92 Å². The van der Waals surface area contributed by atoms with Gasteiger partial charge in [-0.3, -0.25) is 0 Å². The van der Waals surface area contributed by atoms with Gasteiger partial charge in [0.25, 0.3) is 0 Å². The van der Waals surface area contributed by atoms with Crippen LogP contribution < -0.4 is 15.4 Å². The van der Waals surface area contributed by atoms with Gasteiger partial charge >= 0.3 is 6.18 Å². The first-order valence-electron chi connectivity index (χ1n) is 8.41. The number of aliphatic hydroxyl groups excluding tert-OH is 1. The number of ether oxygens (including phenoxy) is 1. The van der Waals surface area contributed by atoms with Crippen LogP contribution in [0.15, 0.2) is 52.1 Å². The Labute approximate surface area is 178 Å². The summed E-state index contributed by atoms with van der Waals surface area (Å²) in [6.45, 7) is 2.98. The molecule has 10 heteroatoms. The summed E-state index contributed by atoms with van der Waals surface area (Å²) in [6, 6.07) is 7.89. The molecule has 1 unspecified atom stereocenters. The van der Waals surface area contributed by atoms with E-state index < -0.39 is 17.8 Å². The average Bonchev–Trinajstić information content (AvgIpc) is 3.15. The molecule has 1 aromatic carbocycles. The molecule has 0 amide bonds. The van der Waals surface area contributed by atoms with Crippen molar-refractivity contribution in [3.63, 3.8) is 0 Å². The summed E-state index contributed by atoms with van der Waals surface area (Å²) >= 11 is 0. The number of nitrogens with one attached hydrogen (secondary N) is 2. The summed E-state index contributed by atoms with van der Waals surface area (Å²) in [7, 11) is 0. The number of guanidine groups is 1. The Morgan fingerprint density at radius 1 is 1.21 bits per heavy atom. The van der Waals surface area contributed by atoms with E-state index in [1.165, 1.54) is 12.1 Å². The number of benzene rings is 1. The van der Waals surface area contributed by atoms with E-state index in [1.54, 1.807) is 18.4 Å². The van der Waals surface area contributed by atoms with Crippen molar-refractivity contribution in [3.8, 4) is 5.75 Å². The third-order valence-corrected chi connectivity index (χ3v) is 3.45. The minimum atomic E-state index is -4.39. The Morgan fingerprint density at radius 2 is 1.93 bits per heavy atom. The largest absolute Gasteiger partial charge is 0.491 e. The highest BCUT2D eigenvalue weighted by atomic mass is 127. The van der Waals surface area contributed by atoms with Crippen LogP contribution in [0.4, 0.5) is 13.2 Å². The van der Waals surface area contributed by atoms with Crippen molar-refractivity contribution < 1.29 is 27.4 Å². The molecular formula is C18H23F3IN3O3. The molecule has 28 heavy (non-hydrogen) atoms. The first-order chi connectivity index (χ1) is 12.9. The fraction of sp³-hybridized carbons (Fsp3) is 0.389. The van der Waals surface area contributed by atoms with E-state index in [-0.39, 0.29) is 42.9 Å². The highest BCUT2D eigenvalue weighted by molar-refractivity contribution is 14.0. The van der Waals surface area contributed by atoms with Gasteiger partial charge in [0.05, 0.1) is 11.8 Å². The first kappa shape index (κ1) is 24.1. The highest BCUT2D eigenvalue weighted by Crippen LogP contribution is 2.30. The van der Waals surface area contributed by atoms with Crippen LogP contribution in [-0.2, 0) is 12.7 Å². The summed E-state index contributed by atoms with van der Waals surface area (Å²) in [5.41, 5.74) is -0.750. The Morgan fingerprint density at radius 3 is 2.50 bits per heavy atom. The van der Waals surface area contributed by atoms with Crippen LogP contribution in [0.1, 0.15) is 18.2 Å². The second kappa shape index (κ2) is 11.8. The highest BCUT2D eigenvalue weighted by Gasteiger charge is 2.30. The van der Waals surface area contributed by atoms with E-state index in [2.05, 4.69) is 15.6 Å². The van der Waals surface area contributed by atoms with Gasteiger partial charge in [0, 0.05) is 13.1 Å². The van der Waals surface area contributed by atoms with Crippen molar-refractivity contribution in [2.24, 2.45) is 4.99 Å². The smallest absolute Gasteiger partial charge is 0.416 e. The van der Waals surface area contributed by atoms with E-state index >= 15 is 0 Å². The second-order valence-electron chi connectivity index (χ2n) is 5.64. The van der Waals surface area contributed by atoms with Gasteiger partial charge in [-0.2, -0.15) is 13.2 Å². The lowest BCUT2D eigenvalue weighted by molar-refractivity contribution is -0.137. The lowest BCUT2D eigenvalue weighted by Gasteiger charge is -2.16. The SMILES string of the molecule is CCNC(=NCc1ccco1)NCC(O)COc1ccc(C(F)(F)F)cc1.I. The maximum absolute atomic E-state index is 12.5. The molecule has 0 aliphatic rings. The van der Waals surface area contributed by atoms with Gasteiger partial charge in [0.1, 0.15) is 30.8 Å². The molecule has 1 atom stereocenters. The zero-order valence-corrected chi connectivity index (χ0v) is 17.5. The van der Waals surface area contributed by atoms with Crippen molar-refractivity contribution in [1.29, 1.82) is 0 Å². The van der Waals surface area contributed by atoms with E-state index in [9.17, 15) is 18.3 Å². The van der Waals surface area contributed by atoms with Crippen LogP contribution in [0.2, 0.25) is 0 Å². The lowest BCUT2D eigenvalue weighted by Crippen LogP contribution is -2.42. The van der Waals surface area contributed by atoms with E-state index in [4.69, 9.17) is 9.15 Å². The van der Waals surface area contributed by atoms with Crippen LogP contribution in [-0.4, -0.2) is 36.9 Å². The number of nitrogens with zero attached hydrogens (tertiary/aromatic N) is 1. The van der Waals surface area contributed by atoms with Gasteiger partial charge in [0.15, 0.2) is 5.96 Å². The number of aliphatic hydroxyl groups is 1. The van der Waals surface area contributed by atoms with Crippen molar-refractivity contribution >= 4 is 29.9 Å². The van der Waals surface area contributed by atoms with Gasteiger partial charge in [-0.1, -0.05) is 0 Å². The molecule has 1 heterocycles. The fourth-order valence-corrected chi connectivity index (χ4v) is 2.11. The van der Waals surface area contributed by atoms with Crippen LogP contribution in [0.5, 0.6) is 5.75 Å². The van der Waals surface area contributed by atoms with Crippen molar-refractivity contribution in [1.82, 2.24) is 10.6 Å². The molecule has 0 bridgehead atoms. The number of alkyl halides is 3. The minimum Gasteiger partial charge on any atom is -0.491 e. The maximum Gasteiger partial charge on any atom is 0.416 e. The summed E-state index contributed by atoms with van der Waals surface area (Å²) in [5.74, 6) is 1.46. The van der Waals surface area contributed by atoms with Crippen molar-refractivity contribution in [2.75, 3.05) is 19.7 Å². The standard InChI is InChI=1S/C18H22F3N3O3.HI/c1-2-22-17(24-11-16-4-3-9-26-16)23-10-14(25)12-27-15-7-5-13(6-8-15)18(19,20)21;/h3-9,14,25H,2,10-12H2,1H3,(H2,22,23,24);1H. The maximum atomic E-state index is 12.5. The average molecular weight is 513 g/mol. The van der Waals surface area contributed by atoms with Gasteiger partial charge in [-0.05, 0) is 43.3 Å². The molecule has 2 rings (SSSR count). The Bertz CT molecular complexity index is 707. The fourth-order valence-electron chi connectivity index (χ4n) is 2.11. The van der Waals surface area contributed by atoms with E-state index in [0.29, 0.717) is 24.8 Å². The first-order valence-corrected chi connectivity index (χ1v) is 8.41. The number of hydrogen-bond acceptors (Lipinski definition) is 4. The predicted octanol–water partition coefficient (Wildman–Crippen LogP) is 3.41. The molecule has 0 spiro atoms. The Hall–Kier alpha value is -1.95. The zero-order valence-electron chi connectivity index (χ0n) is 15.2. The predicted molar refractivity (Wildman–Crippen MR) is 110 cm³/mol. The summed E-state index contributed by atoms with van der Waals surface area (Å²) in [6.07, 6.45) is -3.70. The van der Waals surface area contributed by atoms with Crippen LogP contribution >= 0.6 is 24.0 Å². The van der Waals surface area contributed by atoms with Gasteiger partial charge in [-0.15, -0.1) is 24.0 Å². The number of furan rings is 1. The molecular weight excluding hydrogens is 490 g/mol. The van der Waals surface area contributed by atoms with Crippen LogP contribution in [0.3, 0.4) is 0 Å². The monoisotopic (exact) mass is 513 g/mol. The van der Waals surface area contributed by atoms with Gasteiger partial charge in [-0.25, -0.2) is 4.99 Å². The quantitative estimate of drug-likeness (QED) is 0.287. The molecule has 0 aliphatic carbocycles. The number of halogens is 4. The molecule has 2 aromatic rings.